The molecule has 1 aliphatic rings. The zero-order valence-corrected chi connectivity index (χ0v) is 15.9. The van der Waals surface area contributed by atoms with Crippen molar-refractivity contribution >= 4 is 41.3 Å². The molecule has 2 heterocycles. The molecule has 0 aromatic carbocycles. The normalized spacial score (nSPS) is 17.0. The van der Waals surface area contributed by atoms with Crippen LogP contribution < -0.4 is 5.32 Å². The first-order valence-corrected chi connectivity index (χ1v) is 7.80. The van der Waals surface area contributed by atoms with E-state index in [0.29, 0.717) is 0 Å². The number of likely N-dealkylation sites (tertiary alicyclic amines) is 1. The molecular weight excluding hydrogens is 383 g/mol. The number of nitrogens with zero attached hydrogens (tertiary/aromatic N) is 3. The lowest BCUT2D eigenvalue weighted by Gasteiger charge is -2.32. The summed E-state index contributed by atoms with van der Waals surface area (Å²) in [5, 5.41) is 4.57. The van der Waals surface area contributed by atoms with Gasteiger partial charge in [0.1, 0.15) is 5.01 Å². The van der Waals surface area contributed by atoms with Gasteiger partial charge in [0.25, 0.3) is 0 Å². The van der Waals surface area contributed by atoms with Crippen LogP contribution in [0.2, 0.25) is 0 Å². The van der Waals surface area contributed by atoms with E-state index in [0.717, 1.165) is 42.2 Å². The summed E-state index contributed by atoms with van der Waals surface area (Å²) in [5.74, 6) is 1.86. The van der Waals surface area contributed by atoms with Crippen molar-refractivity contribution < 1.29 is 0 Å². The Morgan fingerprint density at radius 3 is 2.55 bits per heavy atom. The molecule has 1 aliphatic heterocycles. The number of aryl methyl sites for hydroxylation is 2. The van der Waals surface area contributed by atoms with Crippen LogP contribution in [-0.4, -0.2) is 36.0 Å². The zero-order valence-electron chi connectivity index (χ0n) is 12.8. The lowest BCUT2D eigenvalue weighted by Crippen LogP contribution is -2.45. The maximum Gasteiger partial charge on any atom is 0.193 e. The average molecular weight is 408 g/mol. The first kappa shape index (κ1) is 17.7. The molecule has 0 spiro atoms. The highest BCUT2D eigenvalue weighted by atomic mass is 127. The fourth-order valence-corrected chi connectivity index (χ4v) is 3.20. The summed E-state index contributed by atoms with van der Waals surface area (Å²) < 4.78 is 0. The minimum atomic E-state index is 0. The maximum atomic E-state index is 4.56. The third-order valence-corrected chi connectivity index (χ3v) is 4.84. The Morgan fingerprint density at radius 1 is 1.40 bits per heavy atom. The molecule has 0 bridgehead atoms. The number of nitrogens with one attached hydrogen (secondary N) is 1. The molecule has 4 nitrogen and oxygen atoms in total. The van der Waals surface area contributed by atoms with Crippen molar-refractivity contribution in [3.05, 3.63) is 15.6 Å². The van der Waals surface area contributed by atoms with Crippen LogP contribution in [-0.2, 0) is 6.54 Å². The van der Waals surface area contributed by atoms with Crippen molar-refractivity contribution in [3.8, 4) is 0 Å². The van der Waals surface area contributed by atoms with Crippen molar-refractivity contribution in [1.82, 2.24) is 15.2 Å². The fraction of sp³-hybridized carbons (Fsp3) is 0.714. The molecule has 0 radical (unpaired) electrons. The van der Waals surface area contributed by atoms with Gasteiger partial charge < -0.3 is 10.2 Å². The van der Waals surface area contributed by atoms with Gasteiger partial charge in [-0.25, -0.2) is 4.98 Å². The molecule has 20 heavy (non-hydrogen) atoms. The third kappa shape index (κ3) is 4.58. The Balaban J connectivity index is 0.00000200. The average Bonchev–Trinajstić information content (AvgIpc) is 2.71. The Morgan fingerprint density at radius 2 is 2.05 bits per heavy atom. The summed E-state index contributed by atoms with van der Waals surface area (Å²) in [6.07, 6.45) is 2.52. The highest BCUT2D eigenvalue weighted by Gasteiger charge is 2.18. The minimum Gasteiger partial charge on any atom is -0.350 e. The van der Waals surface area contributed by atoms with E-state index < -0.39 is 0 Å². The third-order valence-electron chi connectivity index (χ3n) is 3.77. The van der Waals surface area contributed by atoms with Gasteiger partial charge >= 0.3 is 0 Å². The van der Waals surface area contributed by atoms with Gasteiger partial charge in [0, 0.05) is 25.0 Å². The quantitative estimate of drug-likeness (QED) is 0.464. The van der Waals surface area contributed by atoms with Crippen molar-refractivity contribution in [2.45, 2.75) is 40.2 Å². The summed E-state index contributed by atoms with van der Waals surface area (Å²) in [5.41, 5.74) is 1.14. The number of rotatable bonds is 2. The van der Waals surface area contributed by atoms with Crippen LogP contribution in [0.5, 0.6) is 0 Å². The van der Waals surface area contributed by atoms with E-state index in [1.807, 2.05) is 7.05 Å². The van der Waals surface area contributed by atoms with Gasteiger partial charge in [-0.3, -0.25) is 4.99 Å². The molecule has 1 aromatic heterocycles. The van der Waals surface area contributed by atoms with Crippen LogP contribution in [0.15, 0.2) is 4.99 Å². The number of hydrogen-bond donors (Lipinski definition) is 1. The first-order valence-electron chi connectivity index (χ1n) is 6.98. The molecule has 0 aliphatic carbocycles. The standard InChI is InChI=1S/C14H24N4S.HI/c1-10-5-7-18(8-6-10)14(15-4)16-9-13-17-11(2)12(3)19-13;/h10H,5-9H2,1-4H3,(H,15,16);1H. The van der Waals surface area contributed by atoms with Crippen molar-refractivity contribution in [2.75, 3.05) is 20.1 Å². The molecule has 1 fully saturated rings. The number of piperidine rings is 1. The van der Waals surface area contributed by atoms with Gasteiger partial charge in [-0.1, -0.05) is 6.92 Å². The molecule has 1 aromatic rings. The summed E-state index contributed by atoms with van der Waals surface area (Å²) in [7, 11) is 1.86. The van der Waals surface area contributed by atoms with Crippen LogP contribution in [0, 0.1) is 19.8 Å². The lowest BCUT2D eigenvalue weighted by molar-refractivity contribution is 0.273. The van der Waals surface area contributed by atoms with Gasteiger partial charge in [-0.2, -0.15) is 0 Å². The van der Waals surface area contributed by atoms with Gasteiger partial charge in [-0.15, -0.1) is 35.3 Å². The van der Waals surface area contributed by atoms with E-state index in [4.69, 9.17) is 0 Å². The molecule has 0 amide bonds. The van der Waals surface area contributed by atoms with E-state index in [-0.39, 0.29) is 24.0 Å². The Hall–Kier alpha value is -0.370. The van der Waals surface area contributed by atoms with Crippen LogP contribution in [0.25, 0.3) is 0 Å². The molecular formula is C14H25IN4S. The second kappa shape index (κ2) is 8.17. The number of aliphatic imine (C=N–C) groups is 1. The second-order valence-corrected chi connectivity index (χ2v) is 6.61. The number of hydrogen-bond acceptors (Lipinski definition) is 3. The van der Waals surface area contributed by atoms with Crippen LogP contribution >= 0.6 is 35.3 Å². The van der Waals surface area contributed by atoms with Crippen LogP contribution in [0.4, 0.5) is 0 Å². The van der Waals surface area contributed by atoms with Crippen molar-refractivity contribution in [2.24, 2.45) is 10.9 Å². The summed E-state index contributed by atoms with van der Waals surface area (Å²) in [6.45, 7) is 9.51. The summed E-state index contributed by atoms with van der Waals surface area (Å²) in [4.78, 5) is 12.6. The van der Waals surface area contributed by atoms with E-state index >= 15 is 0 Å². The molecule has 0 saturated carbocycles. The van der Waals surface area contributed by atoms with Gasteiger partial charge in [0.15, 0.2) is 5.96 Å². The molecule has 0 unspecified atom stereocenters. The number of aromatic nitrogens is 1. The predicted octanol–water partition coefficient (Wildman–Crippen LogP) is 3.19. The molecule has 6 heteroatoms. The Bertz CT molecular complexity index is 431. The maximum absolute atomic E-state index is 4.56. The van der Waals surface area contributed by atoms with E-state index in [1.54, 1.807) is 11.3 Å². The van der Waals surface area contributed by atoms with Gasteiger partial charge in [0.05, 0.1) is 12.2 Å². The van der Waals surface area contributed by atoms with Crippen LogP contribution in [0.1, 0.15) is 35.3 Å². The van der Waals surface area contributed by atoms with Crippen molar-refractivity contribution in [1.29, 1.82) is 0 Å². The SMILES string of the molecule is CN=C(NCc1nc(C)c(C)s1)N1CCC(C)CC1.I. The predicted molar refractivity (Wildman–Crippen MR) is 97.2 cm³/mol. The highest BCUT2D eigenvalue weighted by molar-refractivity contribution is 14.0. The lowest BCUT2D eigenvalue weighted by atomic mass is 10.00. The summed E-state index contributed by atoms with van der Waals surface area (Å²) in [6, 6.07) is 0. The Labute approximate surface area is 143 Å². The second-order valence-electron chi connectivity index (χ2n) is 5.32. The van der Waals surface area contributed by atoms with E-state index in [2.05, 4.69) is 41.0 Å². The van der Waals surface area contributed by atoms with Gasteiger partial charge in [-0.05, 0) is 32.6 Å². The van der Waals surface area contributed by atoms with E-state index in [1.165, 1.54) is 17.7 Å². The van der Waals surface area contributed by atoms with Gasteiger partial charge in [0.2, 0.25) is 0 Å². The molecule has 114 valence electrons. The molecule has 1 N–H and O–H groups in total. The molecule has 0 atom stereocenters. The molecule has 2 rings (SSSR count). The summed E-state index contributed by atoms with van der Waals surface area (Å²) >= 11 is 1.77. The minimum absolute atomic E-state index is 0. The number of thiazole rings is 1. The zero-order chi connectivity index (χ0) is 13.8. The highest BCUT2D eigenvalue weighted by Crippen LogP contribution is 2.17. The van der Waals surface area contributed by atoms with E-state index in [9.17, 15) is 0 Å². The smallest absolute Gasteiger partial charge is 0.193 e. The largest absolute Gasteiger partial charge is 0.350 e. The molecule has 1 saturated heterocycles. The fourth-order valence-electron chi connectivity index (χ4n) is 2.32. The Kier molecular flexibility index (Phi) is 7.22. The first-order chi connectivity index (χ1) is 9.10. The number of guanidine groups is 1. The topological polar surface area (TPSA) is 40.5 Å². The van der Waals surface area contributed by atoms with Crippen LogP contribution in [0.3, 0.4) is 0 Å². The monoisotopic (exact) mass is 408 g/mol. The number of halogens is 1. The van der Waals surface area contributed by atoms with Crippen molar-refractivity contribution in [3.63, 3.8) is 0 Å².